The fourth-order valence-corrected chi connectivity index (χ4v) is 2.52. The number of hydrogen-bond donors (Lipinski definition) is 0. The Morgan fingerprint density at radius 3 is 2.00 bits per heavy atom. The molecule has 0 heterocycles. The van der Waals surface area contributed by atoms with Crippen molar-refractivity contribution < 1.29 is 4.79 Å². The maximum atomic E-state index is 11.7. The van der Waals surface area contributed by atoms with Gasteiger partial charge in [-0.3, -0.25) is 4.79 Å². The molecule has 0 N–H and O–H groups in total. The smallest absolute Gasteiger partial charge is 0.136 e. The third-order valence-corrected chi connectivity index (χ3v) is 3.63. The summed E-state index contributed by atoms with van der Waals surface area (Å²) in [6.45, 7) is 2.11. The molecule has 0 aliphatic heterocycles. The molecule has 0 aromatic carbocycles. The van der Waals surface area contributed by atoms with Crippen molar-refractivity contribution in [1.82, 2.24) is 0 Å². The van der Waals surface area contributed by atoms with Crippen LogP contribution in [-0.2, 0) is 4.79 Å². The van der Waals surface area contributed by atoms with Gasteiger partial charge in [-0.25, -0.2) is 0 Å². The zero-order valence-corrected chi connectivity index (χ0v) is 11.5. The minimum absolute atomic E-state index is 0.439. The van der Waals surface area contributed by atoms with Gasteiger partial charge in [-0.05, 0) is 26.2 Å². The Labute approximate surface area is 107 Å². The Morgan fingerprint density at radius 1 is 0.824 bits per heavy atom. The topological polar surface area (TPSA) is 17.1 Å². The maximum absolute atomic E-state index is 11.7. The third kappa shape index (κ3) is 8.18. The van der Waals surface area contributed by atoms with Crippen molar-refractivity contribution in [2.24, 2.45) is 0 Å². The summed E-state index contributed by atoms with van der Waals surface area (Å²) in [6.07, 6.45) is 16.8. The maximum Gasteiger partial charge on any atom is 0.136 e. The number of ketones is 1. The van der Waals surface area contributed by atoms with Gasteiger partial charge in [0.25, 0.3) is 0 Å². The molecule has 0 saturated heterocycles. The molecule has 17 heavy (non-hydrogen) atoms. The van der Waals surface area contributed by atoms with Crippen LogP contribution in [-0.4, -0.2) is 5.78 Å². The van der Waals surface area contributed by atoms with Crippen LogP contribution >= 0.6 is 0 Å². The standard InChI is InChI=1S/C16H28O/c1-15-12-10-8-6-4-2-3-5-7-9-11-13-16(17)14-15/h12H,2-11,13-14H2,1H3/b15-12-. The fraction of sp³-hybridized carbons (Fsp3) is 0.812. The molecule has 0 radical (unpaired) electrons. The van der Waals surface area contributed by atoms with Crippen molar-refractivity contribution in [3.63, 3.8) is 0 Å². The van der Waals surface area contributed by atoms with Crippen molar-refractivity contribution in [2.45, 2.75) is 84.0 Å². The Hall–Kier alpha value is -0.590. The van der Waals surface area contributed by atoms with Gasteiger partial charge in [-0.15, -0.1) is 0 Å². The number of carbonyl (C=O) groups is 1. The highest BCUT2D eigenvalue weighted by molar-refractivity contribution is 5.80. The first kappa shape index (κ1) is 14.5. The van der Waals surface area contributed by atoms with E-state index >= 15 is 0 Å². The van der Waals surface area contributed by atoms with E-state index in [-0.39, 0.29) is 0 Å². The summed E-state index contributed by atoms with van der Waals surface area (Å²) in [7, 11) is 0. The van der Waals surface area contributed by atoms with E-state index in [0.717, 1.165) is 12.8 Å². The molecule has 1 nitrogen and oxygen atoms in total. The van der Waals surface area contributed by atoms with Gasteiger partial charge in [0.1, 0.15) is 5.78 Å². The van der Waals surface area contributed by atoms with Gasteiger partial charge in [-0.1, -0.05) is 56.6 Å². The summed E-state index contributed by atoms with van der Waals surface area (Å²) in [5.74, 6) is 0.439. The van der Waals surface area contributed by atoms with E-state index in [1.54, 1.807) is 0 Å². The van der Waals surface area contributed by atoms with Crippen LogP contribution < -0.4 is 0 Å². The van der Waals surface area contributed by atoms with Gasteiger partial charge >= 0.3 is 0 Å². The summed E-state index contributed by atoms with van der Waals surface area (Å²) in [5.41, 5.74) is 1.28. The monoisotopic (exact) mass is 236 g/mol. The SMILES string of the molecule is C/C1=C/CCCCCCCCCCCC(=O)C1. The molecule has 0 atom stereocenters. The second-order valence-electron chi connectivity index (χ2n) is 5.49. The minimum Gasteiger partial charge on any atom is -0.299 e. The van der Waals surface area contributed by atoms with Crippen molar-refractivity contribution in [2.75, 3.05) is 0 Å². The predicted octanol–water partition coefficient (Wildman–Crippen LogP) is 5.20. The van der Waals surface area contributed by atoms with Gasteiger partial charge in [-0.2, -0.15) is 0 Å². The van der Waals surface area contributed by atoms with Crippen molar-refractivity contribution in [3.05, 3.63) is 11.6 Å². The largest absolute Gasteiger partial charge is 0.299 e. The highest BCUT2D eigenvalue weighted by Gasteiger charge is 2.03. The van der Waals surface area contributed by atoms with Crippen LogP contribution in [0.3, 0.4) is 0 Å². The van der Waals surface area contributed by atoms with E-state index in [4.69, 9.17) is 0 Å². The molecule has 98 valence electrons. The number of Topliss-reactive ketones (excluding diaryl/α,β-unsaturated/α-hetero) is 1. The van der Waals surface area contributed by atoms with Crippen molar-refractivity contribution in [3.8, 4) is 0 Å². The normalized spacial score (nSPS) is 25.5. The fourth-order valence-electron chi connectivity index (χ4n) is 2.52. The van der Waals surface area contributed by atoms with Crippen LogP contribution in [0.25, 0.3) is 0 Å². The lowest BCUT2D eigenvalue weighted by molar-refractivity contribution is -0.118. The second-order valence-corrected chi connectivity index (χ2v) is 5.49. The summed E-state index contributed by atoms with van der Waals surface area (Å²) >= 11 is 0. The third-order valence-electron chi connectivity index (χ3n) is 3.63. The average molecular weight is 236 g/mol. The first-order chi connectivity index (χ1) is 8.29. The zero-order chi connectivity index (χ0) is 12.3. The van der Waals surface area contributed by atoms with Gasteiger partial charge in [0.15, 0.2) is 0 Å². The van der Waals surface area contributed by atoms with Gasteiger partial charge < -0.3 is 0 Å². The minimum atomic E-state index is 0.439. The Balaban J connectivity index is 2.32. The van der Waals surface area contributed by atoms with Crippen LogP contribution in [0.15, 0.2) is 11.6 Å². The second kappa shape index (κ2) is 9.44. The van der Waals surface area contributed by atoms with E-state index in [9.17, 15) is 4.79 Å². The lowest BCUT2D eigenvalue weighted by Gasteiger charge is -2.02. The summed E-state index contributed by atoms with van der Waals surface area (Å²) in [5, 5.41) is 0. The molecule has 1 aliphatic carbocycles. The Bertz CT molecular complexity index is 240. The summed E-state index contributed by atoms with van der Waals surface area (Å²) in [4.78, 5) is 11.7. The lowest BCUT2D eigenvalue weighted by atomic mass is 10.0. The lowest BCUT2D eigenvalue weighted by Crippen LogP contribution is -1.98. The first-order valence-electron chi connectivity index (χ1n) is 7.46. The van der Waals surface area contributed by atoms with Gasteiger partial charge in [0.2, 0.25) is 0 Å². The number of rotatable bonds is 0. The van der Waals surface area contributed by atoms with E-state index in [2.05, 4.69) is 13.0 Å². The van der Waals surface area contributed by atoms with Gasteiger partial charge in [0.05, 0.1) is 0 Å². The van der Waals surface area contributed by atoms with Crippen LogP contribution in [0.1, 0.15) is 84.0 Å². The molecule has 1 aliphatic rings. The van der Waals surface area contributed by atoms with Crippen LogP contribution in [0.4, 0.5) is 0 Å². The van der Waals surface area contributed by atoms with Crippen molar-refractivity contribution >= 4 is 5.78 Å². The van der Waals surface area contributed by atoms with Crippen molar-refractivity contribution in [1.29, 1.82) is 0 Å². The summed E-state index contributed by atoms with van der Waals surface area (Å²) < 4.78 is 0. The molecule has 0 fully saturated rings. The quantitative estimate of drug-likeness (QED) is 0.528. The molecular formula is C16H28O. The first-order valence-corrected chi connectivity index (χ1v) is 7.46. The van der Waals surface area contributed by atoms with Gasteiger partial charge in [0, 0.05) is 12.8 Å². The zero-order valence-electron chi connectivity index (χ0n) is 11.5. The Kier molecular flexibility index (Phi) is 8.04. The Morgan fingerprint density at radius 2 is 1.35 bits per heavy atom. The van der Waals surface area contributed by atoms with Crippen LogP contribution in [0.5, 0.6) is 0 Å². The number of hydrogen-bond acceptors (Lipinski definition) is 1. The number of carbonyl (C=O) groups excluding carboxylic acids is 1. The van der Waals surface area contributed by atoms with E-state index in [1.165, 1.54) is 63.4 Å². The highest BCUT2D eigenvalue weighted by Crippen LogP contribution is 2.15. The van der Waals surface area contributed by atoms with E-state index in [1.807, 2.05) is 0 Å². The highest BCUT2D eigenvalue weighted by atomic mass is 16.1. The number of allylic oxidation sites excluding steroid dienone is 2. The molecule has 0 bridgehead atoms. The molecule has 0 spiro atoms. The average Bonchev–Trinajstić information content (AvgIpc) is 2.30. The molecule has 0 saturated carbocycles. The van der Waals surface area contributed by atoms with E-state index < -0.39 is 0 Å². The van der Waals surface area contributed by atoms with Crippen LogP contribution in [0.2, 0.25) is 0 Å². The molecule has 0 unspecified atom stereocenters. The summed E-state index contributed by atoms with van der Waals surface area (Å²) in [6, 6.07) is 0. The predicted molar refractivity (Wildman–Crippen MR) is 74.2 cm³/mol. The molecule has 1 heteroatoms. The van der Waals surface area contributed by atoms with E-state index in [0.29, 0.717) is 12.2 Å². The van der Waals surface area contributed by atoms with Crippen LogP contribution in [0, 0.1) is 0 Å². The molecule has 0 amide bonds. The molecular weight excluding hydrogens is 208 g/mol. The molecule has 0 aromatic heterocycles. The molecule has 1 rings (SSSR count). The molecule has 0 aromatic rings.